The van der Waals surface area contributed by atoms with E-state index in [2.05, 4.69) is 43.4 Å². The van der Waals surface area contributed by atoms with Crippen LogP contribution < -0.4 is 11.1 Å². The van der Waals surface area contributed by atoms with Gasteiger partial charge in [0.15, 0.2) is 0 Å². The number of nitrogens with one attached hydrogen (secondary N) is 1. The summed E-state index contributed by atoms with van der Waals surface area (Å²) in [6.45, 7) is 4.44. The number of hydrogen-bond acceptors (Lipinski definition) is 2. The largest absolute Gasteiger partial charge is 0.353 e. The fraction of sp³-hybridized carbons (Fsp3) is 0.682. The van der Waals surface area contributed by atoms with E-state index in [1.807, 2.05) is 0 Å². The summed E-state index contributed by atoms with van der Waals surface area (Å²) in [5.74, 6) is 2.66. The van der Waals surface area contributed by atoms with Gasteiger partial charge in [0.25, 0.3) is 0 Å². The molecule has 1 aromatic carbocycles. The molecule has 3 aliphatic rings. The molecule has 0 radical (unpaired) electrons. The molecule has 3 nitrogen and oxygen atoms in total. The molecular formula is C22H32N2O. The second-order valence-corrected chi connectivity index (χ2v) is 8.99. The van der Waals surface area contributed by atoms with Crippen LogP contribution in [0.25, 0.3) is 0 Å². The fourth-order valence-electron chi connectivity index (χ4n) is 5.28. The van der Waals surface area contributed by atoms with Crippen molar-refractivity contribution in [2.24, 2.45) is 23.5 Å². The van der Waals surface area contributed by atoms with E-state index in [0.717, 1.165) is 19.3 Å². The van der Waals surface area contributed by atoms with Crippen molar-refractivity contribution in [3.63, 3.8) is 0 Å². The third kappa shape index (κ3) is 3.48. The monoisotopic (exact) mass is 340 g/mol. The first-order valence-corrected chi connectivity index (χ1v) is 10.2. The van der Waals surface area contributed by atoms with Crippen LogP contribution in [0, 0.1) is 17.8 Å². The summed E-state index contributed by atoms with van der Waals surface area (Å²) in [5, 5.41) is 3.44. The number of benzene rings is 1. The van der Waals surface area contributed by atoms with Gasteiger partial charge in [0.2, 0.25) is 5.91 Å². The van der Waals surface area contributed by atoms with Crippen LogP contribution in [0.5, 0.6) is 0 Å². The first kappa shape index (κ1) is 17.1. The molecule has 0 heterocycles. The van der Waals surface area contributed by atoms with Crippen molar-refractivity contribution in [3.05, 3.63) is 35.4 Å². The van der Waals surface area contributed by atoms with E-state index in [1.165, 1.54) is 30.4 Å². The molecule has 0 spiro atoms. The first-order valence-electron chi connectivity index (χ1n) is 10.2. The lowest BCUT2D eigenvalue weighted by Crippen LogP contribution is -2.54. The summed E-state index contributed by atoms with van der Waals surface area (Å²) >= 11 is 0. The highest BCUT2D eigenvalue weighted by molar-refractivity contribution is 5.83. The summed E-state index contributed by atoms with van der Waals surface area (Å²) in [4.78, 5) is 12.8. The molecule has 1 aromatic rings. The fourth-order valence-corrected chi connectivity index (χ4v) is 5.28. The molecule has 0 aromatic heterocycles. The van der Waals surface area contributed by atoms with E-state index in [-0.39, 0.29) is 11.8 Å². The molecule has 3 N–H and O–H groups in total. The molecule has 4 unspecified atom stereocenters. The van der Waals surface area contributed by atoms with Crippen LogP contribution in [0.3, 0.4) is 0 Å². The highest BCUT2D eigenvalue weighted by Gasteiger charge is 2.47. The average molecular weight is 341 g/mol. The number of amides is 1. The maximum absolute atomic E-state index is 12.8. The molecule has 136 valence electrons. The second kappa shape index (κ2) is 6.75. The minimum absolute atomic E-state index is 0.182. The highest BCUT2D eigenvalue weighted by Crippen LogP contribution is 2.48. The topological polar surface area (TPSA) is 55.1 Å². The van der Waals surface area contributed by atoms with Crippen LogP contribution in [0.15, 0.2) is 24.3 Å². The molecule has 4 rings (SSSR count). The van der Waals surface area contributed by atoms with Gasteiger partial charge in [-0.15, -0.1) is 0 Å². The minimum atomic E-state index is 0.182. The molecule has 25 heavy (non-hydrogen) atoms. The van der Waals surface area contributed by atoms with Gasteiger partial charge in [-0.25, -0.2) is 0 Å². The summed E-state index contributed by atoms with van der Waals surface area (Å²) in [6, 6.07) is 9.62. The smallest absolute Gasteiger partial charge is 0.223 e. The van der Waals surface area contributed by atoms with Gasteiger partial charge < -0.3 is 11.1 Å². The zero-order valence-corrected chi connectivity index (χ0v) is 15.6. The summed E-state index contributed by atoms with van der Waals surface area (Å²) in [6.07, 6.45) is 6.97. The van der Waals surface area contributed by atoms with Crippen molar-refractivity contribution >= 4 is 5.91 Å². The molecule has 3 heteroatoms. The van der Waals surface area contributed by atoms with Crippen LogP contribution in [0.2, 0.25) is 0 Å². The Morgan fingerprint density at radius 3 is 2.32 bits per heavy atom. The Morgan fingerprint density at radius 1 is 1.08 bits per heavy atom. The van der Waals surface area contributed by atoms with Gasteiger partial charge in [0, 0.05) is 18.0 Å². The Hall–Kier alpha value is -1.35. The lowest BCUT2D eigenvalue weighted by molar-refractivity contribution is -0.124. The molecule has 3 fully saturated rings. The van der Waals surface area contributed by atoms with Gasteiger partial charge >= 0.3 is 0 Å². The Balaban J connectivity index is 1.37. The van der Waals surface area contributed by atoms with Crippen molar-refractivity contribution in [3.8, 4) is 0 Å². The summed E-state index contributed by atoms with van der Waals surface area (Å²) in [5.41, 5.74) is 8.91. The van der Waals surface area contributed by atoms with Crippen molar-refractivity contribution in [2.75, 3.05) is 0 Å². The molecule has 0 aliphatic heterocycles. The van der Waals surface area contributed by atoms with Gasteiger partial charge in [-0.05, 0) is 66.9 Å². The molecule has 2 bridgehead atoms. The van der Waals surface area contributed by atoms with Crippen molar-refractivity contribution in [2.45, 2.75) is 76.3 Å². The Morgan fingerprint density at radius 2 is 1.72 bits per heavy atom. The number of nitrogens with two attached hydrogens (primary N) is 1. The van der Waals surface area contributed by atoms with E-state index in [4.69, 9.17) is 5.73 Å². The Bertz CT molecular complexity index is 609. The van der Waals surface area contributed by atoms with Gasteiger partial charge in [-0.3, -0.25) is 4.79 Å². The highest BCUT2D eigenvalue weighted by atomic mass is 16.2. The van der Waals surface area contributed by atoms with Crippen LogP contribution in [-0.4, -0.2) is 18.0 Å². The zero-order chi connectivity index (χ0) is 17.6. The van der Waals surface area contributed by atoms with Crippen LogP contribution in [0.4, 0.5) is 0 Å². The standard InChI is InChI=1S/C22H32N2O/c1-13(2)14-6-8-15(9-7-14)19-12-20(19)22(25)24-21-16-4-3-5-17(21)11-18(23)10-16/h6-9,13,16-21H,3-5,10-12,23H2,1-2H3,(H,24,25). The summed E-state index contributed by atoms with van der Waals surface area (Å²) < 4.78 is 0. The predicted molar refractivity (Wildman–Crippen MR) is 101 cm³/mol. The first-order chi connectivity index (χ1) is 12.0. The van der Waals surface area contributed by atoms with Crippen LogP contribution in [0.1, 0.15) is 75.3 Å². The Kier molecular flexibility index (Phi) is 4.61. The van der Waals surface area contributed by atoms with Gasteiger partial charge in [-0.2, -0.15) is 0 Å². The van der Waals surface area contributed by atoms with E-state index in [0.29, 0.717) is 35.8 Å². The maximum Gasteiger partial charge on any atom is 0.223 e. The van der Waals surface area contributed by atoms with E-state index >= 15 is 0 Å². The van der Waals surface area contributed by atoms with Gasteiger partial charge in [-0.1, -0.05) is 44.5 Å². The minimum Gasteiger partial charge on any atom is -0.353 e. The molecule has 0 saturated heterocycles. The quantitative estimate of drug-likeness (QED) is 0.872. The molecular weight excluding hydrogens is 308 g/mol. The predicted octanol–water partition coefficient (Wildman–Crippen LogP) is 3.94. The number of rotatable bonds is 4. The number of carbonyl (C=O) groups excluding carboxylic acids is 1. The lowest BCUT2D eigenvalue weighted by Gasteiger charge is -2.45. The lowest BCUT2D eigenvalue weighted by atomic mass is 9.67. The zero-order valence-electron chi connectivity index (χ0n) is 15.6. The van der Waals surface area contributed by atoms with Crippen molar-refractivity contribution in [1.82, 2.24) is 5.32 Å². The molecule has 3 aliphatic carbocycles. The van der Waals surface area contributed by atoms with Gasteiger partial charge in [0.05, 0.1) is 0 Å². The summed E-state index contributed by atoms with van der Waals surface area (Å²) in [7, 11) is 0. The van der Waals surface area contributed by atoms with Gasteiger partial charge in [0.1, 0.15) is 0 Å². The maximum atomic E-state index is 12.8. The molecule has 1 amide bonds. The average Bonchev–Trinajstić information content (AvgIpc) is 3.36. The van der Waals surface area contributed by atoms with E-state index in [9.17, 15) is 4.79 Å². The van der Waals surface area contributed by atoms with E-state index < -0.39 is 0 Å². The van der Waals surface area contributed by atoms with E-state index in [1.54, 1.807) is 0 Å². The third-order valence-corrected chi connectivity index (χ3v) is 6.84. The van der Waals surface area contributed by atoms with Crippen LogP contribution in [-0.2, 0) is 4.79 Å². The van der Waals surface area contributed by atoms with Crippen molar-refractivity contribution < 1.29 is 4.79 Å². The number of hydrogen-bond donors (Lipinski definition) is 2. The SMILES string of the molecule is CC(C)c1ccc(C2CC2C(=O)NC2C3CCCC2CC(N)C3)cc1. The van der Waals surface area contributed by atoms with Crippen LogP contribution >= 0.6 is 0 Å². The van der Waals surface area contributed by atoms with Crippen molar-refractivity contribution in [1.29, 1.82) is 0 Å². The third-order valence-electron chi connectivity index (χ3n) is 6.84. The number of fused-ring (bicyclic) bond motifs is 2. The molecule has 4 atom stereocenters. The number of carbonyl (C=O) groups is 1. The Labute approximate surface area is 151 Å². The molecule has 3 saturated carbocycles. The second-order valence-electron chi connectivity index (χ2n) is 8.99. The normalized spacial score (nSPS) is 37.0.